The fraction of sp³-hybridized carbons (Fsp3) is 0.636. The second-order valence-electron chi connectivity index (χ2n) is 3.70. The van der Waals surface area contributed by atoms with Gasteiger partial charge < -0.3 is 5.32 Å². The predicted octanol–water partition coefficient (Wildman–Crippen LogP) is 0.941. The minimum atomic E-state index is -0.0210. The summed E-state index contributed by atoms with van der Waals surface area (Å²) in [6.07, 6.45) is 4.08. The third-order valence-corrected chi connectivity index (χ3v) is 2.21. The lowest BCUT2D eigenvalue weighted by atomic mass is 10.3. The topological polar surface area (TPSA) is 46.9 Å². The highest BCUT2D eigenvalue weighted by atomic mass is 16.1. The van der Waals surface area contributed by atoms with E-state index in [2.05, 4.69) is 17.3 Å². The molecule has 1 aromatic heterocycles. The van der Waals surface area contributed by atoms with E-state index >= 15 is 0 Å². The van der Waals surface area contributed by atoms with Gasteiger partial charge in [0.25, 0.3) is 5.56 Å². The molecule has 0 fully saturated rings. The highest BCUT2D eigenvalue weighted by Gasteiger charge is 1.96. The number of unbranched alkanes of at least 4 members (excludes halogenated alkanes) is 1. The summed E-state index contributed by atoms with van der Waals surface area (Å²) in [4.78, 5) is 11.4. The van der Waals surface area contributed by atoms with Gasteiger partial charge in [-0.3, -0.25) is 4.79 Å². The van der Waals surface area contributed by atoms with Crippen LogP contribution in [0.15, 0.2) is 17.1 Å². The van der Waals surface area contributed by atoms with Crippen LogP contribution in [0.3, 0.4) is 0 Å². The van der Waals surface area contributed by atoms with Gasteiger partial charge in [-0.05, 0) is 25.5 Å². The van der Waals surface area contributed by atoms with Crippen molar-refractivity contribution in [2.75, 3.05) is 13.1 Å². The zero-order chi connectivity index (χ0) is 11.1. The molecule has 1 rings (SSSR count). The highest BCUT2D eigenvalue weighted by Crippen LogP contribution is 1.86. The second kappa shape index (κ2) is 6.35. The molecule has 1 heterocycles. The molecule has 1 N–H and O–H groups in total. The SMILES string of the molecule is CCCCNCCn1ncc(C)cc1=O. The molecule has 15 heavy (non-hydrogen) atoms. The van der Waals surface area contributed by atoms with Gasteiger partial charge in [0.05, 0.1) is 12.7 Å². The maximum Gasteiger partial charge on any atom is 0.267 e. The molecule has 0 atom stereocenters. The molecular formula is C11H19N3O. The van der Waals surface area contributed by atoms with Crippen LogP contribution in [-0.4, -0.2) is 22.9 Å². The largest absolute Gasteiger partial charge is 0.315 e. The molecular weight excluding hydrogens is 190 g/mol. The Morgan fingerprint density at radius 1 is 1.47 bits per heavy atom. The Hall–Kier alpha value is -1.16. The van der Waals surface area contributed by atoms with E-state index in [1.54, 1.807) is 12.3 Å². The van der Waals surface area contributed by atoms with E-state index in [9.17, 15) is 4.79 Å². The molecule has 0 bridgehead atoms. The summed E-state index contributed by atoms with van der Waals surface area (Å²) in [5.41, 5.74) is 0.891. The Balaban J connectivity index is 2.34. The quantitative estimate of drug-likeness (QED) is 0.709. The van der Waals surface area contributed by atoms with Crippen molar-refractivity contribution < 1.29 is 0 Å². The number of aromatic nitrogens is 2. The van der Waals surface area contributed by atoms with Crippen LogP contribution in [0.5, 0.6) is 0 Å². The molecule has 0 radical (unpaired) electrons. The molecule has 0 unspecified atom stereocenters. The average Bonchev–Trinajstić information content (AvgIpc) is 2.20. The van der Waals surface area contributed by atoms with Crippen molar-refractivity contribution in [1.29, 1.82) is 0 Å². The lowest BCUT2D eigenvalue weighted by molar-refractivity contribution is 0.524. The molecule has 0 saturated heterocycles. The molecule has 0 aliphatic carbocycles. The number of nitrogens with one attached hydrogen (secondary N) is 1. The van der Waals surface area contributed by atoms with Crippen molar-refractivity contribution >= 4 is 0 Å². The normalized spacial score (nSPS) is 10.5. The van der Waals surface area contributed by atoms with E-state index in [1.165, 1.54) is 17.5 Å². The van der Waals surface area contributed by atoms with Crippen molar-refractivity contribution in [2.45, 2.75) is 33.2 Å². The van der Waals surface area contributed by atoms with Crippen LogP contribution in [-0.2, 0) is 6.54 Å². The van der Waals surface area contributed by atoms with Gasteiger partial charge >= 0.3 is 0 Å². The molecule has 1 aromatic rings. The lowest BCUT2D eigenvalue weighted by Crippen LogP contribution is -2.28. The molecule has 84 valence electrons. The van der Waals surface area contributed by atoms with Crippen LogP contribution in [0.1, 0.15) is 25.3 Å². The molecule has 0 spiro atoms. The number of rotatable bonds is 6. The monoisotopic (exact) mass is 209 g/mol. The first-order chi connectivity index (χ1) is 7.24. The van der Waals surface area contributed by atoms with Crippen molar-refractivity contribution in [3.05, 3.63) is 28.2 Å². The fourth-order valence-corrected chi connectivity index (χ4v) is 1.30. The Morgan fingerprint density at radius 2 is 2.27 bits per heavy atom. The maximum atomic E-state index is 11.4. The van der Waals surface area contributed by atoms with Gasteiger partial charge in [-0.15, -0.1) is 0 Å². The number of hydrogen-bond acceptors (Lipinski definition) is 3. The first-order valence-corrected chi connectivity index (χ1v) is 5.48. The summed E-state index contributed by atoms with van der Waals surface area (Å²) in [7, 11) is 0. The average molecular weight is 209 g/mol. The number of aryl methyl sites for hydroxylation is 1. The van der Waals surface area contributed by atoms with Crippen molar-refractivity contribution in [3.8, 4) is 0 Å². The summed E-state index contributed by atoms with van der Waals surface area (Å²) in [5, 5.41) is 7.34. The first-order valence-electron chi connectivity index (χ1n) is 5.48. The Morgan fingerprint density at radius 3 is 2.93 bits per heavy atom. The first kappa shape index (κ1) is 11.9. The lowest BCUT2D eigenvalue weighted by Gasteiger charge is -2.05. The third-order valence-electron chi connectivity index (χ3n) is 2.21. The Bertz CT molecular complexity index is 346. The van der Waals surface area contributed by atoms with Crippen LogP contribution >= 0.6 is 0 Å². The molecule has 0 aliphatic heterocycles. The molecule has 0 amide bonds. The van der Waals surface area contributed by atoms with Crippen LogP contribution in [0.25, 0.3) is 0 Å². The predicted molar refractivity (Wildman–Crippen MR) is 61.0 cm³/mol. The Kier molecular flexibility index (Phi) is 5.04. The van der Waals surface area contributed by atoms with Gasteiger partial charge in [0, 0.05) is 12.6 Å². The van der Waals surface area contributed by atoms with Gasteiger partial charge in [-0.2, -0.15) is 5.10 Å². The van der Waals surface area contributed by atoms with Gasteiger partial charge in [-0.25, -0.2) is 4.68 Å². The summed E-state index contributed by atoms with van der Waals surface area (Å²) in [6, 6.07) is 1.61. The molecule has 0 aromatic carbocycles. The van der Waals surface area contributed by atoms with Gasteiger partial charge in [0.15, 0.2) is 0 Å². The summed E-state index contributed by atoms with van der Waals surface area (Å²) < 4.78 is 1.49. The van der Waals surface area contributed by atoms with E-state index < -0.39 is 0 Å². The van der Waals surface area contributed by atoms with Crippen molar-refractivity contribution in [3.63, 3.8) is 0 Å². The zero-order valence-electron chi connectivity index (χ0n) is 9.49. The van der Waals surface area contributed by atoms with Crippen molar-refractivity contribution in [2.24, 2.45) is 0 Å². The number of hydrogen-bond donors (Lipinski definition) is 1. The van der Waals surface area contributed by atoms with E-state index in [-0.39, 0.29) is 5.56 Å². The van der Waals surface area contributed by atoms with Crippen LogP contribution in [0, 0.1) is 6.92 Å². The molecule has 4 nitrogen and oxygen atoms in total. The van der Waals surface area contributed by atoms with Gasteiger partial charge in [0.2, 0.25) is 0 Å². The van der Waals surface area contributed by atoms with Gasteiger partial charge in [0.1, 0.15) is 0 Å². The maximum absolute atomic E-state index is 11.4. The minimum Gasteiger partial charge on any atom is -0.315 e. The Labute approximate surface area is 90.3 Å². The van der Waals surface area contributed by atoms with Crippen molar-refractivity contribution in [1.82, 2.24) is 15.1 Å². The second-order valence-corrected chi connectivity index (χ2v) is 3.70. The molecule has 0 saturated carbocycles. The van der Waals surface area contributed by atoms with E-state index in [4.69, 9.17) is 0 Å². The molecule has 4 heteroatoms. The standard InChI is InChI=1S/C11H19N3O/c1-3-4-5-12-6-7-14-11(15)8-10(2)9-13-14/h8-9,12H,3-7H2,1-2H3. The van der Waals surface area contributed by atoms with Crippen LogP contribution < -0.4 is 10.9 Å². The van der Waals surface area contributed by atoms with E-state index in [0.29, 0.717) is 6.54 Å². The van der Waals surface area contributed by atoms with Crippen LogP contribution in [0.2, 0.25) is 0 Å². The smallest absolute Gasteiger partial charge is 0.267 e. The summed E-state index contributed by atoms with van der Waals surface area (Å²) >= 11 is 0. The zero-order valence-corrected chi connectivity index (χ0v) is 9.49. The fourth-order valence-electron chi connectivity index (χ4n) is 1.30. The summed E-state index contributed by atoms with van der Waals surface area (Å²) in [5.74, 6) is 0. The van der Waals surface area contributed by atoms with Gasteiger partial charge in [-0.1, -0.05) is 13.3 Å². The molecule has 0 aliphatic rings. The third kappa shape index (κ3) is 4.25. The highest BCUT2D eigenvalue weighted by molar-refractivity contribution is 5.02. The van der Waals surface area contributed by atoms with E-state index in [0.717, 1.165) is 18.7 Å². The van der Waals surface area contributed by atoms with E-state index in [1.807, 2.05) is 6.92 Å². The van der Waals surface area contributed by atoms with Crippen LogP contribution in [0.4, 0.5) is 0 Å². The number of nitrogens with zero attached hydrogens (tertiary/aromatic N) is 2. The summed E-state index contributed by atoms with van der Waals surface area (Å²) in [6.45, 7) is 6.49. The minimum absolute atomic E-state index is 0.0210.